The molecule has 0 fully saturated rings. The number of thioether (sulfide) groups is 1. The Morgan fingerprint density at radius 3 is 2.87 bits per heavy atom. The van der Waals surface area contributed by atoms with Crippen molar-refractivity contribution < 1.29 is 9.59 Å². The topological polar surface area (TPSA) is 85.1 Å². The van der Waals surface area contributed by atoms with Crippen molar-refractivity contribution in [3.05, 3.63) is 27.1 Å². The number of nitrogens with zero attached hydrogens (tertiary/aromatic N) is 1. The van der Waals surface area contributed by atoms with Gasteiger partial charge in [0.05, 0.1) is 11.3 Å². The number of thiazole rings is 1. The summed E-state index contributed by atoms with van der Waals surface area (Å²) in [4.78, 5) is 29.5. The Morgan fingerprint density at radius 2 is 2.17 bits per heavy atom. The minimum Gasteiger partial charge on any atom is -0.365 e. The predicted molar refractivity (Wildman–Crippen MR) is 95.7 cm³/mol. The van der Waals surface area contributed by atoms with Gasteiger partial charge in [-0.15, -0.1) is 22.7 Å². The number of rotatable bonds is 5. The number of aryl methyl sites for hydroxylation is 2. The molecule has 0 saturated carbocycles. The number of amides is 2. The number of hydrogen-bond donors (Lipinski definition) is 2. The summed E-state index contributed by atoms with van der Waals surface area (Å²) in [5.74, 6) is -0.319. The van der Waals surface area contributed by atoms with E-state index in [4.69, 9.17) is 5.73 Å². The number of fused-ring (bicyclic) bond motifs is 1. The third-order valence-electron chi connectivity index (χ3n) is 3.60. The molecule has 1 aliphatic rings. The van der Waals surface area contributed by atoms with Crippen LogP contribution in [0.5, 0.6) is 0 Å². The zero-order chi connectivity index (χ0) is 16.4. The summed E-state index contributed by atoms with van der Waals surface area (Å²) in [6.45, 7) is 1.93. The molecule has 3 rings (SSSR count). The number of nitrogens with two attached hydrogens (primary N) is 1. The van der Waals surface area contributed by atoms with Gasteiger partial charge < -0.3 is 11.1 Å². The van der Waals surface area contributed by atoms with E-state index in [0.29, 0.717) is 10.6 Å². The van der Waals surface area contributed by atoms with E-state index >= 15 is 0 Å². The van der Waals surface area contributed by atoms with Crippen LogP contribution in [0.15, 0.2) is 9.72 Å². The molecular formula is C15H17N3O2S3. The van der Waals surface area contributed by atoms with Crippen molar-refractivity contribution >= 4 is 51.3 Å². The minimum absolute atomic E-state index is 0.135. The number of aromatic nitrogens is 1. The lowest BCUT2D eigenvalue weighted by atomic mass is 9.95. The van der Waals surface area contributed by atoms with E-state index in [1.54, 1.807) is 0 Å². The van der Waals surface area contributed by atoms with Gasteiger partial charge in [-0.1, -0.05) is 11.8 Å². The molecule has 8 heteroatoms. The molecule has 0 saturated heterocycles. The second-order valence-corrected chi connectivity index (χ2v) is 8.56. The molecule has 0 aromatic carbocycles. The van der Waals surface area contributed by atoms with Crippen molar-refractivity contribution in [2.75, 3.05) is 11.1 Å². The maximum atomic E-state index is 12.2. The van der Waals surface area contributed by atoms with Crippen LogP contribution < -0.4 is 11.1 Å². The molecule has 0 atom stereocenters. The molecule has 2 heterocycles. The SMILES string of the molecule is Cc1csc(SCC(=O)Nc2sc3c(c2C(N)=O)CCCC3)n1. The van der Waals surface area contributed by atoms with Gasteiger partial charge in [-0.2, -0.15) is 0 Å². The molecule has 2 aromatic rings. The number of carbonyl (C=O) groups excluding carboxylic acids is 2. The maximum Gasteiger partial charge on any atom is 0.251 e. The number of carbonyl (C=O) groups is 2. The monoisotopic (exact) mass is 367 g/mol. The number of anilines is 1. The van der Waals surface area contributed by atoms with E-state index in [2.05, 4.69) is 10.3 Å². The fourth-order valence-corrected chi connectivity index (χ4v) is 5.56. The Bertz CT molecular complexity index is 751. The van der Waals surface area contributed by atoms with E-state index < -0.39 is 5.91 Å². The van der Waals surface area contributed by atoms with Crippen LogP contribution in [0.4, 0.5) is 5.00 Å². The first-order chi connectivity index (χ1) is 11.0. The second kappa shape index (κ2) is 7.02. The van der Waals surface area contributed by atoms with Gasteiger partial charge >= 0.3 is 0 Å². The van der Waals surface area contributed by atoms with Crippen LogP contribution >= 0.6 is 34.4 Å². The molecule has 23 heavy (non-hydrogen) atoms. The quantitative estimate of drug-likeness (QED) is 0.795. The Hall–Kier alpha value is -1.38. The van der Waals surface area contributed by atoms with E-state index in [1.807, 2.05) is 12.3 Å². The van der Waals surface area contributed by atoms with Gasteiger partial charge in [0.2, 0.25) is 5.91 Å². The molecule has 5 nitrogen and oxygen atoms in total. The summed E-state index contributed by atoms with van der Waals surface area (Å²) >= 11 is 4.42. The highest BCUT2D eigenvalue weighted by Crippen LogP contribution is 2.38. The fourth-order valence-electron chi connectivity index (χ4n) is 2.60. The first kappa shape index (κ1) is 16.5. The maximum absolute atomic E-state index is 12.2. The van der Waals surface area contributed by atoms with Crippen molar-refractivity contribution in [1.82, 2.24) is 4.98 Å². The molecule has 0 bridgehead atoms. The summed E-state index contributed by atoms with van der Waals surface area (Å²) < 4.78 is 0.873. The van der Waals surface area contributed by atoms with Gasteiger partial charge in [-0.3, -0.25) is 9.59 Å². The molecule has 2 amide bonds. The van der Waals surface area contributed by atoms with Gasteiger partial charge in [-0.05, 0) is 38.2 Å². The summed E-state index contributed by atoms with van der Waals surface area (Å²) in [6.07, 6.45) is 4.02. The van der Waals surface area contributed by atoms with E-state index in [0.717, 1.165) is 41.3 Å². The normalized spacial score (nSPS) is 13.6. The lowest BCUT2D eigenvalue weighted by molar-refractivity contribution is -0.113. The molecule has 2 aromatic heterocycles. The molecule has 0 unspecified atom stereocenters. The zero-order valence-corrected chi connectivity index (χ0v) is 15.1. The van der Waals surface area contributed by atoms with Crippen LogP contribution in [0, 0.1) is 6.92 Å². The van der Waals surface area contributed by atoms with Gasteiger partial charge in [0, 0.05) is 16.0 Å². The van der Waals surface area contributed by atoms with Gasteiger partial charge in [0.1, 0.15) is 5.00 Å². The minimum atomic E-state index is -0.456. The average Bonchev–Trinajstić information content (AvgIpc) is 3.08. The van der Waals surface area contributed by atoms with Crippen molar-refractivity contribution in [3.8, 4) is 0 Å². The zero-order valence-electron chi connectivity index (χ0n) is 12.7. The Kier molecular flexibility index (Phi) is 5.03. The van der Waals surface area contributed by atoms with Crippen LogP contribution in [-0.4, -0.2) is 22.6 Å². The lowest BCUT2D eigenvalue weighted by Gasteiger charge is -2.11. The summed E-state index contributed by atoms with van der Waals surface area (Å²) in [6, 6.07) is 0. The number of thiophene rings is 1. The molecule has 122 valence electrons. The lowest BCUT2D eigenvalue weighted by Crippen LogP contribution is -2.19. The van der Waals surface area contributed by atoms with Crippen LogP contribution in [0.2, 0.25) is 0 Å². The van der Waals surface area contributed by atoms with Crippen LogP contribution in [0.1, 0.15) is 39.3 Å². The molecule has 1 aliphatic carbocycles. The van der Waals surface area contributed by atoms with Crippen LogP contribution in [-0.2, 0) is 17.6 Å². The van der Waals surface area contributed by atoms with Crippen molar-refractivity contribution in [1.29, 1.82) is 0 Å². The largest absolute Gasteiger partial charge is 0.365 e. The standard InChI is InChI=1S/C15H17N3O2S3/c1-8-6-21-15(17-8)22-7-11(19)18-14-12(13(16)20)9-4-2-3-5-10(9)23-14/h6H,2-5,7H2,1H3,(H2,16,20)(H,18,19). The third-order valence-corrected chi connectivity index (χ3v) is 6.94. The highest BCUT2D eigenvalue weighted by molar-refractivity contribution is 8.01. The molecule has 0 aliphatic heterocycles. The van der Waals surface area contributed by atoms with Gasteiger partial charge in [0.15, 0.2) is 4.34 Å². The summed E-state index contributed by atoms with van der Waals surface area (Å²) in [5.41, 5.74) is 8.03. The average molecular weight is 368 g/mol. The second-order valence-electron chi connectivity index (χ2n) is 5.37. The van der Waals surface area contributed by atoms with Gasteiger partial charge in [-0.25, -0.2) is 4.98 Å². The fraction of sp³-hybridized carbons (Fsp3) is 0.400. The summed E-state index contributed by atoms with van der Waals surface area (Å²) in [5, 5.41) is 5.42. The molecule has 3 N–H and O–H groups in total. The van der Waals surface area contributed by atoms with E-state index in [1.165, 1.54) is 39.3 Å². The molecule has 0 spiro atoms. The smallest absolute Gasteiger partial charge is 0.251 e. The molecular weight excluding hydrogens is 350 g/mol. The highest BCUT2D eigenvalue weighted by Gasteiger charge is 2.24. The van der Waals surface area contributed by atoms with Crippen molar-refractivity contribution in [3.63, 3.8) is 0 Å². The first-order valence-corrected chi connectivity index (χ1v) is 10.0. The first-order valence-electron chi connectivity index (χ1n) is 7.33. The number of nitrogens with one attached hydrogen (secondary N) is 1. The Morgan fingerprint density at radius 1 is 1.39 bits per heavy atom. The van der Waals surface area contributed by atoms with Crippen LogP contribution in [0.3, 0.4) is 0 Å². The molecule has 0 radical (unpaired) electrons. The van der Waals surface area contributed by atoms with Crippen LogP contribution in [0.25, 0.3) is 0 Å². The highest BCUT2D eigenvalue weighted by atomic mass is 32.2. The Balaban J connectivity index is 1.70. The number of primary amides is 1. The van der Waals surface area contributed by atoms with E-state index in [9.17, 15) is 9.59 Å². The van der Waals surface area contributed by atoms with Gasteiger partial charge in [0.25, 0.3) is 5.91 Å². The Labute approximate surface area is 146 Å². The van der Waals surface area contributed by atoms with Crippen molar-refractivity contribution in [2.24, 2.45) is 5.73 Å². The number of hydrogen-bond acceptors (Lipinski definition) is 6. The van der Waals surface area contributed by atoms with E-state index in [-0.39, 0.29) is 11.7 Å². The van der Waals surface area contributed by atoms with Crippen molar-refractivity contribution in [2.45, 2.75) is 36.9 Å². The summed E-state index contributed by atoms with van der Waals surface area (Å²) in [7, 11) is 0. The third kappa shape index (κ3) is 3.76. The predicted octanol–water partition coefficient (Wildman–Crippen LogP) is 3.22.